The topological polar surface area (TPSA) is 29.5 Å². The molecule has 1 fully saturated rings. The quantitative estimate of drug-likeness (QED) is 0.807. The fourth-order valence-electron chi connectivity index (χ4n) is 3.25. The van der Waals surface area contributed by atoms with Crippen molar-refractivity contribution in [2.24, 2.45) is 5.92 Å². The monoisotopic (exact) mass is 297 g/mol. The van der Waals surface area contributed by atoms with Crippen LogP contribution in [0.15, 0.2) is 42.5 Å². The number of carbonyl (C=O) groups excluding carboxylic acids is 1. The van der Waals surface area contributed by atoms with Crippen LogP contribution in [-0.4, -0.2) is 30.6 Å². The minimum absolute atomic E-state index is 0.0363. The standard InChI is InChI=1S/C19H23NO2/c1-2-22-19(21)18-8-5-11-20(14-18)13-15-9-10-16-6-3-4-7-17(16)12-15/h3-4,6-7,9-10,12,18H,2,5,8,11,13-14H2,1H3. The third-order valence-electron chi connectivity index (χ3n) is 4.35. The van der Waals surface area contributed by atoms with Gasteiger partial charge in [-0.1, -0.05) is 36.4 Å². The fraction of sp³-hybridized carbons (Fsp3) is 0.421. The van der Waals surface area contributed by atoms with Crippen molar-refractivity contribution >= 4 is 16.7 Å². The molecule has 0 amide bonds. The lowest BCUT2D eigenvalue weighted by Crippen LogP contribution is -2.38. The van der Waals surface area contributed by atoms with Gasteiger partial charge in [0.15, 0.2) is 0 Å². The zero-order chi connectivity index (χ0) is 15.4. The molecule has 116 valence electrons. The second kappa shape index (κ2) is 6.93. The van der Waals surface area contributed by atoms with Crippen LogP contribution < -0.4 is 0 Å². The van der Waals surface area contributed by atoms with Crippen LogP contribution in [0.5, 0.6) is 0 Å². The van der Waals surface area contributed by atoms with Gasteiger partial charge >= 0.3 is 5.97 Å². The Hall–Kier alpha value is -1.87. The van der Waals surface area contributed by atoms with Crippen molar-refractivity contribution in [1.29, 1.82) is 0 Å². The first-order chi connectivity index (χ1) is 10.8. The maximum atomic E-state index is 11.9. The minimum atomic E-state index is -0.0364. The number of benzene rings is 2. The number of hydrogen-bond acceptors (Lipinski definition) is 3. The number of fused-ring (bicyclic) bond motifs is 1. The molecule has 1 heterocycles. The molecular formula is C19H23NO2. The Morgan fingerprint density at radius 1 is 1.23 bits per heavy atom. The highest BCUT2D eigenvalue weighted by Crippen LogP contribution is 2.22. The first-order valence-electron chi connectivity index (χ1n) is 8.13. The van der Waals surface area contributed by atoms with Gasteiger partial charge in [-0.05, 0) is 48.7 Å². The maximum Gasteiger partial charge on any atom is 0.310 e. The molecule has 1 atom stereocenters. The van der Waals surface area contributed by atoms with Gasteiger partial charge in [-0.25, -0.2) is 0 Å². The van der Waals surface area contributed by atoms with E-state index in [9.17, 15) is 4.79 Å². The Balaban J connectivity index is 1.67. The maximum absolute atomic E-state index is 11.9. The van der Waals surface area contributed by atoms with Crippen LogP contribution >= 0.6 is 0 Å². The molecule has 2 aromatic rings. The summed E-state index contributed by atoms with van der Waals surface area (Å²) in [5.41, 5.74) is 1.31. The van der Waals surface area contributed by atoms with Crippen molar-refractivity contribution in [3.05, 3.63) is 48.0 Å². The van der Waals surface area contributed by atoms with E-state index in [0.29, 0.717) is 6.61 Å². The van der Waals surface area contributed by atoms with Gasteiger partial charge in [0.1, 0.15) is 0 Å². The van der Waals surface area contributed by atoms with Crippen molar-refractivity contribution in [1.82, 2.24) is 4.90 Å². The molecule has 0 radical (unpaired) electrons. The van der Waals surface area contributed by atoms with Gasteiger partial charge in [0.2, 0.25) is 0 Å². The molecule has 3 nitrogen and oxygen atoms in total. The molecule has 1 saturated heterocycles. The summed E-state index contributed by atoms with van der Waals surface area (Å²) in [6.45, 7) is 5.11. The van der Waals surface area contributed by atoms with Gasteiger partial charge in [0.25, 0.3) is 0 Å². The second-order valence-electron chi connectivity index (χ2n) is 6.01. The highest BCUT2D eigenvalue weighted by atomic mass is 16.5. The van der Waals surface area contributed by atoms with Crippen molar-refractivity contribution in [2.45, 2.75) is 26.3 Å². The number of esters is 1. The average Bonchev–Trinajstić information content (AvgIpc) is 2.55. The Kier molecular flexibility index (Phi) is 4.74. The summed E-state index contributed by atoms with van der Waals surface area (Å²) in [6.07, 6.45) is 2.02. The molecule has 0 bridgehead atoms. The van der Waals surface area contributed by atoms with Gasteiger partial charge in [-0.15, -0.1) is 0 Å². The Labute approximate surface area is 131 Å². The molecule has 3 heteroatoms. The summed E-state index contributed by atoms with van der Waals surface area (Å²) >= 11 is 0. The molecular weight excluding hydrogens is 274 g/mol. The molecule has 0 aliphatic carbocycles. The van der Waals surface area contributed by atoms with Gasteiger partial charge in [-0.3, -0.25) is 9.69 Å². The summed E-state index contributed by atoms with van der Waals surface area (Å²) in [5.74, 6) is -0.000122. The van der Waals surface area contributed by atoms with Crippen LogP contribution in [-0.2, 0) is 16.1 Å². The SMILES string of the molecule is CCOC(=O)C1CCCN(Cc2ccc3ccccc3c2)C1. The van der Waals surface area contributed by atoms with Crippen LogP contribution in [0, 0.1) is 5.92 Å². The normalized spacial score (nSPS) is 19.2. The molecule has 3 rings (SSSR count). The Bertz CT molecular complexity index is 653. The molecule has 0 saturated carbocycles. The predicted octanol–water partition coefficient (Wildman–Crippen LogP) is 3.61. The van der Waals surface area contributed by atoms with Crippen LogP contribution in [0.4, 0.5) is 0 Å². The first-order valence-corrected chi connectivity index (χ1v) is 8.13. The second-order valence-corrected chi connectivity index (χ2v) is 6.01. The summed E-state index contributed by atoms with van der Waals surface area (Å²) < 4.78 is 5.17. The lowest BCUT2D eigenvalue weighted by atomic mass is 9.97. The largest absolute Gasteiger partial charge is 0.466 e. The highest BCUT2D eigenvalue weighted by Gasteiger charge is 2.26. The smallest absolute Gasteiger partial charge is 0.310 e. The Morgan fingerprint density at radius 2 is 2.05 bits per heavy atom. The van der Waals surface area contributed by atoms with E-state index < -0.39 is 0 Å². The van der Waals surface area contributed by atoms with Crippen molar-refractivity contribution in [2.75, 3.05) is 19.7 Å². The van der Waals surface area contributed by atoms with E-state index >= 15 is 0 Å². The average molecular weight is 297 g/mol. The predicted molar refractivity (Wildman–Crippen MR) is 88.6 cm³/mol. The van der Waals surface area contributed by atoms with E-state index in [2.05, 4.69) is 47.4 Å². The molecule has 2 aromatic carbocycles. The van der Waals surface area contributed by atoms with E-state index in [4.69, 9.17) is 4.74 Å². The van der Waals surface area contributed by atoms with Crippen LogP contribution in [0.1, 0.15) is 25.3 Å². The van der Waals surface area contributed by atoms with E-state index in [1.807, 2.05) is 6.92 Å². The van der Waals surface area contributed by atoms with Crippen LogP contribution in [0.25, 0.3) is 10.8 Å². The summed E-state index contributed by atoms with van der Waals surface area (Å²) in [6, 6.07) is 15.0. The summed E-state index contributed by atoms with van der Waals surface area (Å²) in [7, 11) is 0. The van der Waals surface area contributed by atoms with Crippen LogP contribution in [0.3, 0.4) is 0 Å². The number of nitrogens with zero attached hydrogens (tertiary/aromatic N) is 1. The van der Waals surface area contributed by atoms with E-state index in [-0.39, 0.29) is 11.9 Å². The third-order valence-corrected chi connectivity index (χ3v) is 4.35. The van der Waals surface area contributed by atoms with Crippen molar-refractivity contribution < 1.29 is 9.53 Å². The fourth-order valence-corrected chi connectivity index (χ4v) is 3.25. The third kappa shape index (κ3) is 3.47. The molecule has 1 aliphatic rings. The number of piperidine rings is 1. The molecule has 0 spiro atoms. The molecule has 0 aromatic heterocycles. The van der Waals surface area contributed by atoms with Gasteiger partial charge in [-0.2, -0.15) is 0 Å². The number of hydrogen-bond donors (Lipinski definition) is 0. The zero-order valence-electron chi connectivity index (χ0n) is 13.1. The first kappa shape index (κ1) is 15.0. The number of carbonyl (C=O) groups is 1. The van der Waals surface area contributed by atoms with Gasteiger partial charge < -0.3 is 4.74 Å². The highest BCUT2D eigenvalue weighted by molar-refractivity contribution is 5.83. The lowest BCUT2D eigenvalue weighted by molar-refractivity contribution is -0.150. The molecule has 1 unspecified atom stereocenters. The zero-order valence-corrected chi connectivity index (χ0v) is 13.1. The number of ether oxygens (including phenoxy) is 1. The lowest BCUT2D eigenvalue weighted by Gasteiger charge is -2.31. The van der Waals surface area contributed by atoms with E-state index in [1.54, 1.807) is 0 Å². The van der Waals surface area contributed by atoms with Crippen molar-refractivity contribution in [3.63, 3.8) is 0 Å². The minimum Gasteiger partial charge on any atom is -0.466 e. The van der Waals surface area contributed by atoms with E-state index in [0.717, 1.165) is 32.5 Å². The van der Waals surface area contributed by atoms with Gasteiger partial charge in [0, 0.05) is 13.1 Å². The molecule has 0 N–H and O–H groups in total. The van der Waals surface area contributed by atoms with Crippen molar-refractivity contribution in [3.8, 4) is 0 Å². The van der Waals surface area contributed by atoms with E-state index in [1.165, 1.54) is 16.3 Å². The van der Waals surface area contributed by atoms with Gasteiger partial charge in [0.05, 0.1) is 12.5 Å². The summed E-state index contributed by atoms with van der Waals surface area (Å²) in [4.78, 5) is 14.3. The number of rotatable bonds is 4. The Morgan fingerprint density at radius 3 is 2.86 bits per heavy atom. The summed E-state index contributed by atoms with van der Waals surface area (Å²) in [5, 5.41) is 2.55. The van der Waals surface area contributed by atoms with Crippen LogP contribution in [0.2, 0.25) is 0 Å². The molecule has 1 aliphatic heterocycles. The molecule has 22 heavy (non-hydrogen) atoms. The number of likely N-dealkylation sites (tertiary alicyclic amines) is 1.